The second-order valence-electron chi connectivity index (χ2n) is 5.34. The van der Waals surface area contributed by atoms with E-state index < -0.39 is 0 Å². The number of hydrogen-bond acceptors (Lipinski definition) is 5. The van der Waals surface area contributed by atoms with E-state index in [2.05, 4.69) is 50.4 Å². The quantitative estimate of drug-likeness (QED) is 0.632. The van der Waals surface area contributed by atoms with Crippen LogP contribution < -0.4 is 10.2 Å². The van der Waals surface area contributed by atoms with Gasteiger partial charge >= 0.3 is 5.00 Å². The summed E-state index contributed by atoms with van der Waals surface area (Å²) in [5.41, 5.74) is 2.22. The van der Waals surface area contributed by atoms with Crippen LogP contribution in [0.3, 0.4) is 0 Å². The van der Waals surface area contributed by atoms with E-state index in [1.165, 1.54) is 17.0 Å². The number of nitro groups is 1. The van der Waals surface area contributed by atoms with Gasteiger partial charge in [-0.1, -0.05) is 27.3 Å². The van der Waals surface area contributed by atoms with Crippen LogP contribution in [0.15, 0.2) is 40.2 Å². The molecule has 0 amide bonds. The number of hydrogen-bond donors (Lipinski definition) is 1. The van der Waals surface area contributed by atoms with Gasteiger partial charge in [0.2, 0.25) is 0 Å². The summed E-state index contributed by atoms with van der Waals surface area (Å²) in [5.74, 6) is 0. The monoisotopic (exact) mass is 381 g/mol. The molecule has 1 fully saturated rings. The van der Waals surface area contributed by atoms with Crippen molar-refractivity contribution in [2.45, 2.75) is 19.0 Å². The van der Waals surface area contributed by atoms with Gasteiger partial charge in [-0.05, 0) is 36.2 Å². The van der Waals surface area contributed by atoms with E-state index in [1.54, 1.807) is 6.07 Å². The van der Waals surface area contributed by atoms with Gasteiger partial charge in [0, 0.05) is 47.3 Å². The molecule has 5 nitrogen and oxygen atoms in total. The summed E-state index contributed by atoms with van der Waals surface area (Å²) < 4.78 is 1.09. The Hall–Kier alpha value is -1.44. The Bertz CT molecular complexity index is 659. The molecule has 0 bridgehead atoms. The number of anilines is 1. The van der Waals surface area contributed by atoms with Crippen LogP contribution in [0.25, 0.3) is 0 Å². The van der Waals surface area contributed by atoms with Crippen LogP contribution in [0, 0.1) is 10.1 Å². The minimum absolute atomic E-state index is 0.208. The van der Waals surface area contributed by atoms with Crippen molar-refractivity contribution in [1.29, 1.82) is 0 Å². The van der Waals surface area contributed by atoms with E-state index in [1.807, 2.05) is 5.38 Å². The van der Waals surface area contributed by atoms with Crippen molar-refractivity contribution in [1.82, 2.24) is 5.32 Å². The lowest BCUT2D eigenvalue weighted by Gasteiger charge is -2.19. The lowest BCUT2D eigenvalue weighted by atomic mass is 10.2. The summed E-state index contributed by atoms with van der Waals surface area (Å²) in [6, 6.07) is 10.4. The van der Waals surface area contributed by atoms with Crippen LogP contribution in [0.5, 0.6) is 0 Å². The third-order valence-corrected chi connectivity index (χ3v) is 5.25. The zero-order valence-corrected chi connectivity index (χ0v) is 14.3. The number of nitrogens with zero attached hydrogens (tertiary/aromatic N) is 2. The van der Waals surface area contributed by atoms with Crippen LogP contribution in [-0.4, -0.2) is 24.1 Å². The first-order chi connectivity index (χ1) is 10.6. The van der Waals surface area contributed by atoms with Crippen LogP contribution in [0.2, 0.25) is 0 Å². The molecule has 1 saturated heterocycles. The first-order valence-electron chi connectivity index (χ1n) is 7.07. The van der Waals surface area contributed by atoms with Crippen molar-refractivity contribution in [3.63, 3.8) is 0 Å². The molecule has 1 aromatic carbocycles. The van der Waals surface area contributed by atoms with Gasteiger partial charge in [-0.25, -0.2) is 0 Å². The molecule has 1 N–H and O–H groups in total. The molecule has 0 spiro atoms. The number of benzene rings is 1. The maximum Gasteiger partial charge on any atom is 0.324 e. The molecule has 1 aliphatic rings. The second kappa shape index (κ2) is 6.76. The number of thiophene rings is 1. The zero-order valence-electron chi connectivity index (χ0n) is 11.9. The molecule has 1 atom stereocenters. The SMILES string of the molecule is O=[N+]([O-])c1cc(CNC2CCN(c3ccc(Br)cc3)C2)cs1. The van der Waals surface area contributed by atoms with Crippen molar-refractivity contribution < 1.29 is 4.92 Å². The molecule has 116 valence electrons. The molecular formula is C15H16BrN3O2S. The lowest BCUT2D eigenvalue weighted by molar-refractivity contribution is -0.380. The normalized spacial score (nSPS) is 17.9. The topological polar surface area (TPSA) is 58.4 Å². The molecule has 0 radical (unpaired) electrons. The Balaban J connectivity index is 1.52. The van der Waals surface area contributed by atoms with Gasteiger partial charge in [-0.2, -0.15) is 0 Å². The van der Waals surface area contributed by atoms with Gasteiger partial charge in [0.25, 0.3) is 0 Å². The summed E-state index contributed by atoms with van der Waals surface area (Å²) in [6.45, 7) is 2.68. The Morgan fingerprint density at radius 3 is 2.86 bits per heavy atom. The summed E-state index contributed by atoms with van der Waals surface area (Å²) >= 11 is 4.64. The van der Waals surface area contributed by atoms with Gasteiger partial charge in [-0.15, -0.1) is 0 Å². The van der Waals surface area contributed by atoms with Crippen molar-refractivity contribution in [3.05, 3.63) is 55.9 Å². The summed E-state index contributed by atoms with van der Waals surface area (Å²) in [6.07, 6.45) is 1.09. The van der Waals surface area contributed by atoms with E-state index in [-0.39, 0.29) is 9.92 Å². The highest BCUT2D eigenvalue weighted by atomic mass is 79.9. The molecule has 1 aromatic heterocycles. The maximum atomic E-state index is 10.7. The highest BCUT2D eigenvalue weighted by Crippen LogP contribution is 2.24. The molecule has 2 aromatic rings. The predicted octanol–water partition coefficient (Wildman–Crippen LogP) is 3.79. The zero-order chi connectivity index (χ0) is 15.5. The Morgan fingerprint density at radius 1 is 1.41 bits per heavy atom. The third kappa shape index (κ3) is 3.66. The molecular weight excluding hydrogens is 366 g/mol. The molecule has 3 rings (SSSR count). The fraction of sp³-hybridized carbons (Fsp3) is 0.333. The lowest BCUT2D eigenvalue weighted by Crippen LogP contribution is -2.31. The molecule has 1 unspecified atom stereocenters. The molecule has 7 heteroatoms. The smallest absolute Gasteiger partial charge is 0.324 e. The molecule has 0 aliphatic carbocycles. The van der Waals surface area contributed by atoms with Gasteiger partial charge in [0.15, 0.2) is 0 Å². The van der Waals surface area contributed by atoms with Crippen molar-refractivity contribution in [2.75, 3.05) is 18.0 Å². The Morgan fingerprint density at radius 2 is 2.18 bits per heavy atom. The largest absolute Gasteiger partial charge is 0.370 e. The molecule has 2 heterocycles. The number of rotatable bonds is 5. The second-order valence-corrected chi connectivity index (χ2v) is 7.14. The fourth-order valence-electron chi connectivity index (χ4n) is 2.63. The van der Waals surface area contributed by atoms with E-state index in [0.717, 1.165) is 29.5 Å². The highest BCUT2D eigenvalue weighted by molar-refractivity contribution is 9.10. The Kier molecular flexibility index (Phi) is 4.75. The van der Waals surface area contributed by atoms with Gasteiger partial charge in [0.1, 0.15) is 0 Å². The fourth-order valence-corrected chi connectivity index (χ4v) is 3.62. The van der Waals surface area contributed by atoms with E-state index in [9.17, 15) is 10.1 Å². The average Bonchev–Trinajstić information content (AvgIpc) is 3.15. The first-order valence-corrected chi connectivity index (χ1v) is 8.75. The van der Waals surface area contributed by atoms with Crippen LogP contribution in [0.4, 0.5) is 10.7 Å². The van der Waals surface area contributed by atoms with Crippen molar-refractivity contribution in [3.8, 4) is 0 Å². The summed E-state index contributed by atoms with van der Waals surface area (Å²) in [5, 5.41) is 16.2. The van der Waals surface area contributed by atoms with Gasteiger partial charge in [0.05, 0.1) is 4.92 Å². The minimum Gasteiger partial charge on any atom is -0.370 e. The summed E-state index contributed by atoms with van der Waals surface area (Å²) in [4.78, 5) is 12.7. The van der Waals surface area contributed by atoms with Crippen LogP contribution in [0.1, 0.15) is 12.0 Å². The van der Waals surface area contributed by atoms with Gasteiger partial charge in [-0.3, -0.25) is 10.1 Å². The van der Waals surface area contributed by atoms with Gasteiger partial charge < -0.3 is 10.2 Å². The Labute approximate surface area is 141 Å². The molecule has 0 saturated carbocycles. The average molecular weight is 382 g/mol. The van der Waals surface area contributed by atoms with Crippen molar-refractivity contribution in [2.24, 2.45) is 0 Å². The summed E-state index contributed by atoms with van der Waals surface area (Å²) in [7, 11) is 0. The maximum absolute atomic E-state index is 10.7. The third-order valence-electron chi connectivity index (χ3n) is 3.79. The molecule has 22 heavy (non-hydrogen) atoms. The molecule has 1 aliphatic heterocycles. The number of halogens is 1. The highest BCUT2D eigenvalue weighted by Gasteiger charge is 2.22. The van der Waals surface area contributed by atoms with E-state index in [0.29, 0.717) is 12.6 Å². The van der Waals surface area contributed by atoms with Crippen LogP contribution in [-0.2, 0) is 6.54 Å². The van der Waals surface area contributed by atoms with E-state index >= 15 is 0 Å². The van der Waals surface area contributed by atoms with Crippen molar-refractivity contribution >= 4 is 38.0 Å². The van der Waals surface area contributed by atoms with E-state index in [4.69, 9.17) is 0 Å². The minimum atomic E-state index is -0.334. The standard InChI is InChI=1S/C15H16BrN3O2S/c16-12-1-3-14(4-2-12)18-6-5-13(9-18)17-8-11-7-15(19(20)21)22-10-11/h1-4,7,10,13,17H,5-6,8-9H2. The van der Waals surface area contributed by atoms with Crippen LogP contribution >= 0.6 is 27.3 Å². The first kappa shape index (κ1) is 15.5. The number of nitrogens with one attached hydrogen (secondary N) is 1. The predicted molar refractivity (Wildman–Crippen MR) is 92.6 cm³/mol.